The van der Waals surface area contributed by atoms with Crippen molar-refractivity contribution >= 4 is 61.8 Å². The highest BCUT2D eigenvalue weighted by Crippen LogP contribution is 2.37. The topological polar surface area (TPSA) is 84.8 Å². The van der Waals surface area contributed by atoms with Crippen molar-refractivity contribution in [2.75, 3.05) is 12.4 Å². The van der Waals surface area contributed by atoms with Crippen molar-refractivity contribution < 1.29 is 27.4 Å². The Morgan fingerprint density at radius 1 is 1.18 bits per heavy atom. The molecule has 3 aromatic carbocycles. The number of hydrogen-bond acceptors (Lipinski definition) is 7. The molecule has 0 aliphatic carbocycles. The summed E-state index contributed by atoms with van der Waals surface area (Å²) in [6.45, 7) is 0.242. The largest absolute Gasteiger partial charge is 0.493 e. The van der Waals surface area contributed by atoms with E-state index in [2.05, 4.69) is 36.8 Å². The summed E-state index contributed by atoms with van der Waals surface area (Å²) >= 11 is 10.9. The predicted octanol–water partition coefficient (Wildman–Crippen LogP) is 7.60. The molecule has 0 saturated carbocycles. The van der Waals surface area contributed by atoms with Crippen LogP contribution in [0.5, 0.6) is 11.5 Å². The van der Waals surface area contributed by atoms with Crippen LogP contribution in [0, 0.1) is 0 Å². The fraction of sp³-hybridized carbons (Fsp3) is 0.148. The fourth-order valence-corrected chi connectivity index (χ4v) is 4.94. The number of rotatable bonds is 10. The lowest BCUT2D eigenvalue weighted by molar-refractivity contribution is -0.137. The van der Waals surface area contributed by atoms with Gasteiger partial charge >= 0.3 is 6.18 Å². The second kappa shape index (κ2) is 13.2. The number of hydrazone groups is 1. The molecule has 1 aromatic heterocycles. The lowest BCUT2D eigenvalue weighted by Crippen LogP contribution is -2.20. The smallest absolute Gasteiger partial charge is 0.416 e. The molecule has 0 fully saturated rings. The van der Waals surface area contributed by atoms with E-state index in [9.17, 15) is 18.0 Å². The van der Waals surface area contributed by atoms with Crippen LogP contribution in [-0.4, -0.2) is 24.2 Å². The van der Waals surface area contributed by atoms with E-state index in [4.69, 9.17) is 21.1 Å². The summed E-state index contributed by atoms with van der Waals surface area (Å²) < 4.78 is 50.8. The summed E-state index contributed by atoms with van der Waals surface area (Å²) in [5, 5.41) is 9.42. The average molecular weight is 654 g/mol. The second-order valence-electron chi connectivity index (χ2n) is 8.23. The quantitative estimate of drug-likeness (QED) is 0.136. The highest BCUT2D eigenvalue weighted by molar-refractivity contribution is 9.10. The monoisotopic (exact) mass is 652 g/mol. The zero-order valence-corrected chi connectivity index (χ0v) is 23.9. The molecule has 40 heavy (non-hydrogen) atoms. The molecule has 0 aliphatic heterocycles. The van der Waals surface area contributed by atoms with Gasteiger partial charge < -0.3 is 14.8 Å². The van der Waals surface area contributed by atoms with Crippen LogP contribution >= 0.6 is 38.9 Å². The van der Waals surface area contributed by atoms with Gasteiger partial charge in [0.1, 0.15) is 6.61 Å². The number of anilines is 2. The third-order valence-electron chi connectivity index (χ3n) is 5.32. The number of thiazole rings is 1. The highest BCUT2D eigenvalue weighted by Gasteiger charge is 2.30. The Hall–Kier alpha value is -3.61. The molecule has 1 heterocycles. The van der Waals surface area contributed by atoms with Gasteiger partial charge in [0, 0.05) is 21.7 Å². The molecule has 2 N–H and O–H groups in total. The van der Waals surface area contributed by atoms with E-state index in [-0.39, 0.29) is 18.7 Å². The van der Waals surface area contributed by atoms with Gasteiger partial charge in [0.15, 0.2) is 16.6 Å². The molecule has 1 amide bonds. The van der Waals surface area contributed by atoms with Crippen molar-refractivity contribution in [3.05, 3.63) is 97.9 Å². The summed E-state index contributed by atoms with van der Waals surface area (Å²) in [5.74, 6) is 0.525. The second-order valence-corrected chi connectivity index (χ2v) is 10.4. The van der Waals surface area contributed by atoms with Crippen LogP contribution < -0.4 is 20.2 Å². The minimum absolute atomic E-state index is 0.0695. The van der Waals surface area contributed by atoms with Gasteiger partial charge in [-0.25, -0.2) is 10.4 Å². The third kappa shape index (κ3) is 7.96. The zero-order valence-electron chi connectivity index (χ0n) is 20.8. The van der Waals surface area contributed by atoms with Gasteiger partial charge in [-0.3, -0.25) is 4.79 Å². The van der Waals surface area contributed by atoms with Crippen molar-refractivity contribution in [1.29, 1.82) is 0 Å². The number of amides is 1. The number of halogens is 5. The molecule has 0 unspecified atom stereocenters. The van der Waals surface area contributed by atoms with Crippen LogP contribution in [0.1, 0.15) is 22.4 Å². The van der Waals surface area contributed by atoms with Gasteiger partial charge in [0.05, 0.1) is 35.5 Å². The molecular weight excluding hydrogens is 633 g/mol. The third-order valence-corrected chi connectivity index (χ3v) is 7.08. The zero-order chi connectivity index (χ0) is 28.7. The number of methoxy groups -OCH3 is 1. The molecule has 0 aliphatic rings. The fourth-order valence-electron chi connectivity index (χ4n) is 3.44. The summed E-state index contributed by atoms with van der Waals surface area (Å²) in [5.41, 5.74) is 3.81. The standard InChI is InChI=1S/C27H21BrClF3N4O3S/c1-38-23-10-16(9-21(28)25(23)39-14-17-5-2-3-8-22(17)29)13-33-36-24(37)12-20-15-40-26(35-20)34-19-7-4-6-18(11-19)27(30,31)32/h2-11,13,15H,12,14H2,1H3,(H,34,35)(H,36,37)/b33-13-. The van der Waals surface area contributed by atoms with Crippen molar-refractivity contribution in [1.82, 2.24) is 10.4 Å². The minimum atomic E-state index is -4.45. The highest BCUT2D eigenvalue weighted by atomic mass is 79.9. The number of hydrogen-bond donors (Lipinski definition) is 2. The Morgan fingerprint density at radius 2 is 1.98 bits per heavy atom. The number of carbonyl (C=O) groups is 1. The molecule has 7 nitrogen and oxygen atoms in total. The maximum Gasteiger partial charge on any atom is 0.416 e. The number of ether oxygens (including phenoxy) is 2. The Bertz CT molecular complexity index is 1530. The molecule has 208 valence electrons. The van der Waals surface area contributed by atoms with Gasteiger partial charge in [-0.2, -0.15) is 18.3 Å². The van der Waals surface area contributed by atoms with E-state index < -0.39 is 17.6 Å². The SMILES string of the molecule is COc1cc(/C=N\NC(=O)Cc2csc(Nc3cccc(C(F)(F)F)c3)n2)cc(Br)c1OCc1ccccc1Cl. The number of nitrogens with one attached hydrogen (secondary N) is 2. The van der Waals surface area contributed by atoms with Crippen molar-refractivity contribution in [3.8, 4) is 11.5 Å². The molecule has 13 heteroatoms. The summed E-state index contributed by atoms with van der Waals surface area (Å²) in [6.07, 6.45) is -3.07. The molecule has 0 bridgehead atoms. The normalized spacial score (nSPS) is 11.4. The summed E-state index contributed by atoms with van der Waals surface area (Å²) in [6, 6.07) is 15.6. The Kier molecular flexibility index (Phi) is 9.67. The molecule has 4 rings (SSSR count). The van der Waals surface area contributed by atoms with E-state index in [1.54, 1.807) is 23.6 Å². The molecule has 4 aromatic rings. The van der Waals surface area contributed by atoms with E-state index in [1.807, 2.05) is 18.2 Å². The van der Waals surface area contributed by atoms with E-state index in [1.165, 1.54) is 36.8 Å². The van der Waals surface area contributed by atoms with Crippen LogP contribution in [0.25, 0.3) is 0 Å². The van der Waals surface area contributed by atoms with Crippen LogP contribution in [0.4, 0.5) is 24.0 Å². The molecular formula is C27H21BrClF3N4O3S. The lowest BCUT2D eigenvalue weighted by atomic mass is 10.2. The number of carbonyl (C=O) groups excluding carboxylic acids is 1. The number of alkyl halides is 3. The van der Waals surface area contributed by atoms with Crippen LogP contribution in [-0.2, 0) is 24.0 Å². The van der Waals surface area contributed by atoms with Crippen LogP contribution in [0.15, 0.2) is 75.6 Å². The average Bonchev–Trinajstić information content (AvgIpc) is 3.34. The summed E-state index contributed by atoms with van der Waals surface area (Å²) in [4.78, 5) is 16.6. The van der Waals surface area contributed by atoms with E-state index in [0.29, 0.717) is 37.4 Å². The lowest BCUT2D eigenvalue weighted by Gasteiger charge is -2.14. The van der Waals surface area contributed by atoms with Gasteiger partial charge in [-0.15, -0.1) is 11.3 Å². The molecule has 0 saturated heterocycles. The van der Waals surface area contributed by atoms with Crippen molar-refractivity contribution in [3.63, 3.8) is 0 Å². The number of benzene rings is 3. The molecule has 0 atom stereocenters. The van der Waals surface area contributed by atoms with Crippen molar-refractivity contribution in [2.45, 2.75) is 19.2 Å². The van der Waals surface area contributed by atoms with Gasteiger partial charge in [0.2, 0.25) is 5.91 Å². The Morgan fingerprint density at radius 3 is 2.73 bits per heavy atom. The van der Waals surface area contributed by atoms with E-state index in [0.717, 1.165) is 17.7 Å². The van der Waals surface area contributed by atoms with Gasteiger partial charge in [-0.1, -0.05) is 35.9 Å². The van der Waals surface area contributed by atoms with E-state index >= 15 is 0 Å². The minimum Gasteiger partial charge on any atom is -0.493 e. The maximum absolute atomic E-state index is 12.9. The van der Waals surface area contributed by atoms with Crippen molar-refractivity contribution in [2.24, 2.45) is 5.10 Å². The van der Waals surface area contributed by atoms with Crippen LogP contribution in [0.3, 0.4) is 0 Å². The first-order valence-corrected chi connectivity index (χ1v) is 13.6. The molecule has 0 spiro atoms. The Labute approximate surface area is 245 Å². The maximum atomic E-state index is 12.9. The number of aromatic nitrogens is 1. The Balaban J connectivity index is 1.33. The molecule has 0 radical (unpaired) electrons. The van der Waals surface area contributed by atoms with Gasteiger partial charge in [0.25, 0.3) is 0 Å². The predicted molar refractivity (Wildman–Crippen MR) is 153 cm³/mol. The van der Waals surface area contributed by atoms with Gasteiger partial charge in [-0.05, 0) is 57.9 Å². The first-order valence-electron chi connectivity index (χ1n) is 11.6. The first kappa shape index (κ1) is 29.4. The first-order chi connectivity index (χ1) is 19.1. The van der Waals surface area contributed by atoms with Crippen LogP contribution in [0.2, 0.25) is 5.02 Å². The number of nitrogens with zero attached hydrogens (tertiary/aromatic N) is 2. The summed E-state index contributed by atoms with van der Waals surface area (Å²) in [7, 11) is 1.51.